The molecule has 2 atom stereocenters. The van der Waals surface area contributed by atoms with Crippen LogP contribution in [0.1, 0.15) is 43.5 Å². The molecular weight excluding hydrogens is 268 g/mol. The third kappa shape index (κ3) is 2.91. The molecule has 21 heavy (non-hydrogen) atoms. The Balaban J connectivity index is 2.38. The number of hydrogen-bond acceptors (Lipinski definition) is 4. The normalized spacial score (nSPS) is 22.0. The van der Waals surface area contributed by atoms with Crippen molar-refractivity contribution in [2.75, 3.05) is 20.0 Å². The number of nitrogen functional groups attached to an aromatic ring is 1. The summed E-state index contributed by atoms with van der Waals surface area (Å²) in [7, 11) is 3.10. The fourth-order valence-corrected chi connectivity index (χ4v) is 3.04. The second-order valence-electron chi connectivity index (χ2n) is 5.64. The zero-order valence-electron chi connectivity index (χ0n) is 13.2. The van der Waals surface area contributed by atoms with Crippen LogP contribution in [0.2, 0.25) is 0 Å². The van der Waals surface area contributed by atoms with Gasteiger partial charge in [0.05, 0.1) is 19.8 Å². The van der Waals surface area contributed by atoms with Gasteiger partial charge in [0.25, 0.3) is 5.91 Å². The maximum absolute atomic E-state index is 12.9. The van der Waals surface area contributed by atoms with Gasteiger partial charge in [-0.05, 0) is 39.2 Å². The molecule has 0 spiro atoms. The molecule has 1 saturated heterocycles. The first-order valence-electron chi connectivity index (χ1n) is 7.33. The number of methoxy groups -OCH3 is 2. The Bertz CT molecular complexity index is 520. The van der Waals surface area contributed by atoms with Crippen molar-refractivity contribution in [3.8, 4) is 11.5 Å². The largest absolute Gasteiger partial charge is 0.493 e. The van der Waals surface area contributed by atoms with E-state index < -0.39 is 0 Å². The predicted octanol–water partition coefficient (Wildman–Crippen LogP) is 2.69. The standard InChI is InChI=1S/C16H24N2O3/c1-10-6-5-7-11(2)18(10)16(19)12-8-14(20-3)15(21-4)9-13(12)17/h8-11H,5-7,17H2,1-4H3/t10-,11-/m1/s1. The Morgan fingerprint density at radius 3 is 2.19 bits per heavy atom. The van der Waals surface area contributed by atoms with Crippen LogP contribution >= 0.6 is 0 Å². The van der Waals surface area contributed by atoms with Gasteiger partial charge in [0.1, 0.15) is 0 Å². The minimum absolute atomic E-state index is 0.0341. The van der Waals surface area contributed by atoms with Crippen LogP contribution < -0.4 is 15.2 Å². The summed E-state index contributed by atoms with van der Waals surface area (Å²) in [4.78, 5) is 14.8. The molecule has 0 unspecified atom stereocenters. The molecule has 0 saturated carbocycles. The minimum Gasteiger partial charge on any atom is -0.493 e. The Labute approximate surface area is 126 Å². The van der Waals surface area contributed by atoms with Crippen LogP contribution in [0.3, 0.4) is 0 Å². The van der Waals surface area contributed by atoms with Crippen molar-refractivity contribution in [1.29, 1.82) is 0 Å². The third-order valence-corrected chi connectivity index (χ3v) is 4.21. The van der Waals surface area contributed by atoms with Gasteiger partial charge in [0, 0.05) is 23.8 Å². The fourth-order valence-electron chi connectivity index (χ4n) is 3.04. The number of nitrogens with two attached hydrogens (primary N) is 1. The number of rotatable bonds is 3. The monoisotopic (exact) mass is 292 g/mol. The van der Waals surface area contributed by atoms with Crippen molar-refractivity contribution < 1.29 is 14.3 Å². The van der Waals surface area contributed by atoms with E-state index in [0.717, 1.165) is 19.3 Å². The Morgan fingerprint density at radius 2 is 1.67 bits per heavy atom. The number of piperidine rings is 1. The summed E-state index contributed by atoms with van der Waals surface area (Å²) in [6.07, 6.45) is 3.22. The summed E-state index contributed by atoms with van der Waals surface area (Å²) in [6.45, 7) is 4.18. The smallest absolute Gasteiger partial charge is 0.256 e. The third-order valence-electron chi connectivity index (χ3n) is 4.21. The highest BCUT2D eigenvalue weighted by atomic mass is 16.5. The van der Waals surface area contributed by atoms with Crippen molar-refractivity contribution in [3.63, 3.8) is 0 Å². The molecular formula is C16H24N2O3. The second-order valence-corrected chi connectivity index (χ2v) is 5.64. The van der Waals surface area contributed by atoms with Crippen LogP contribution in [0.25, 0.3) is 0 Å². The first-order valence-corrected chi connectivity index (χ1v) is 7.33. The van der Waals surface area contributed by atoms with Crippen molar-refractivity contribution in [1.82, 2.24) is 4.90 Å². The van der Waals surface area contributed by atoms with Gasteiger partial charge in [-0.2, -0.15) is 0 Å². The Kier molecular flexibility index (Phi) is 4.60. The van der Waals surface area contributed by atoms with E-state index >= 15 is 0 Å². The summed E-state index contributed by atoms with van der Waals surface area (Å²) in [5.41, 5.74) is 6.93. The van der Waals surface area contributed by atoms with Crippen LogP contribution in [-0.2, 0) is 0 Å². The van der Waals surface area contributed by atoms with Gasteiger partial charge in [0.15, 0.2) is 11.5 Å². The molecule has 2 rings (SSSR count). The Hall–Kier alpha value is -1.91. The van der Waals surface area contributed by atoms with Gasteiger partial charge in [-0.1, -0.05) is 0 Å². The molecule has 1 aliphatic rings. The van der Waals surface area contributed by atoms with Crippen molar-refractivity contribution >= 4 is 11.6 Å². The molecule has 0 aliphatic carbocycles. The molecule has 116 valence electrons. The van der Waals surface area contributed by atoms with E-state index in [4.69, 9.17) is 15.2 Å². The van der Waals surface area contributed by atoms with Gasteiger partial charge < -0.3 is 20.1 Å². The van der Waals surface area contributed by atoms with Crippen molar-refractivity contribution in [3.05, 3.63) is 17.7 Å². The summed E-state index contributed by atoms with van der Waals surface area (Å²) in [5, 5.41) is 0. The van der Waals surface area contributed by atoms with Gasteiger partial charge in [-0.25, -0.2) is 0 Å². The lowest BCUT2D eigenvalue weighted by Crippen LogP contribution is -2.47. The van der Waals surface area contributed by atoms with Crippen LogP contribution in [0.15, 0.2) is 12.1 Å². The van der Waals surface area contributed by atoms with Crippen LogP contribution in [-0.4, -0.2) is 37.1 Å². The number of nitrogens with zero attached hydrogens (tertiary/aromatic N) is 1. The maximum Gasteiger partial charge on any atom is 0.256 e. The summed E-state index contributed by atoms with van der Waals surface area (Å²) >= 11 is 0. The fraction of sp³-hybridized carbons (Fsp3) is 0.562. The average molecular weight is 292 g/mol. The lowest BCUT2D eigenvalue weighted by atomic mass is 9.96. The summed E-state index contributed by atoms with van der Waals surface area (Å²) in [5.74, 6) is 1.02. The van der Waals surface area contributed by atoms with Crippen LogP contribution in [0.5, 0.6) is 11.5 Å². The quantitative estimate of drug-likeness (QED) is 0.870. The van der Waals surface area contributed by atoms with Gasteiger partial charge >= 0.3 is 0 Å². The minimum atomic E-state index is -0.0341. The summed E-state index contributed by atoms with van der Waals surface area (Å²) in [6, 6.07) is 3.78. The molecule has 1 fully saturated rings. The molecule has 0 bridgehead atoms. The number of amides is 1. The van der Waals surface area contributed by atoms with Crippen LogP contribution in [0, 0.1) is 0 Å². The second kappa shape index (κ2) is 6.24. The highest BCUT2D eigenvalue weighted by Crippen LogP contribution is 2.34. The molecule has 1 aliphatic heterocycles. The Morgan fingerprint density at radius 1 is 1.14 bits per heavy atom. The summed E-state index contributed by atoms with van der Waals surface area (Å²) < 4.78 is 10.5. The van der Waals surface area contributed by atoms with E-state index in [2.05, 4.69) is 13.8 Å². The molecule has 0 aromatic heterocycles. The number of likely N-dealkylation sites (tertiary alicyclic amines) is 1. The highest BCUT2D eigenvalue weighted by molar-refractivity contribution is 6.00. The van der Waals surface area contributed by atoms with Gasteiger partial charge in [0.2, 0.25) is 0 Å². The molecule has 5 heteroatoms. The van der Waals surface area contributed by atoms with E-state index in [9.17, 15) is 4.79 Å². The number of ether oxygens (including phenoxy) is 2. The number of carbonyl (C=O) groups excluding carboxylic acids is 1. The van der Waals surface area contributed by atoms with Crippen molar-refractivity contribution in [2.24, 2.45) is 0 Å². The molecule has 1 amide bonds. The first-order chi connectivity index (χ1) is 9.99. The SMILES string of the molecule is COc1cc(N)c(C(=O)N2[C@H](C)CCC[C@H]2C)cc1OC. The predicted molar refractivity (Wildman–Crippen MR) is 82.9 cm³/mol. The van der Waals surface area contributed by atoms with E-state index in [0.29, 0.717) is 22.7 Å². The van der Waals surface area contributed by atoms with Crippen molar-refractivity contribution in [2.45, 2.75) is 45.2 Å². The lowest BCUT2D eigenvalue weighted by Gasteiger charge is -2.39. The maximum atomic E-state index is 12.9. The number of carbonyl (C=O) groups is 1. The molecule has 1 heterocycles. The first kappa shape index (κ1) is 15.5. The molecule has 1 aromatic carbocycles. The van der Waals surface area contributed by atoms with E-state index in [1.807, 2.05) is 4.90 Å². The zero-order chi connectivity index (χ0) is 15.6. The molecule has 2 N–H and O–H groups in total. The van der Waals surface area contributed by atoms with E-state index in [-0.39, 0.29) is 18.0 Å². The molecule has 1 aromatic rings. The zero-order valence-corrected chi connectivity index (χ0v) is 13.2. The number of benzene rings is 1. The van der Waals surface area contributed by atoms with Crippen LogP contribution in [0.4, 0.5) is 5.69 Å². The van der Waals surface area contributed by atoms with E-state index in [1.54, 1.807) is 26.4 Å². The topological polar surface area (TPSA) is 64.8 Å². The molecule has 0 radical (unpaired) electrons. The number of anilines is 1. The van der Waals surface area contributed by atoms with E-state index in [1.165, 1.54) is 0 Å². The highest BCUT2D eigenvalue weighted by Gasteiger charge is 2.31. The van der Waals surface area contributed by atoms with Gasteiger partial charge in [-0.15, -0.1) is 0 Å². The van der Waals surface area contributed by atoms with Gasteiger partial charge in [-0.3, -0.25) is 4.79 Å². The number of hydrogen-bond donors (Lipinski definition) is 1. The molecule has 5 nitrogen and oxygen atoms in total. The lowest BCUT2D eigenvalue weighted by molar-refractivity contribution is 0.0511. The average Bonchev–Trinajstić information content (AvgIpc) is 2.46.